The molecule has 0 aromatic rings. The van der Waals surface area contributed by atoms with Crippen molar-refractivity contribution in [2.45, 2.75) is 18.3 Å². The van der Waals surface area contributed by atoms with Crippen LogP contribution in [-0.4, -0.2) is 61.8 Å². The SMILES string of the molecule is O=CC(O)=C(O)C(O)C(O)C(O)CO. The van der Waals surface area contributed by atoms with E-state index in [1.54, 1.807) is 0 Å². The van der Waals surface area contributed by atoms with Crippen molar-refractivity contribution in [1.82, 2.24) is 0 Å². The summed E-state index contributed by atoms with van der Waals surface area (Å²) in [6, 6.07) is 0. The maximum absolute atomic E-state index is 9.94. The van der Waals surface area contributed by atoms with Gasteiger partial charge in [-0.1, -0.05) is 0 Å². The number of aliphatic hydroxyl groups excluding tert-OH is 6. The minimum absolute atomic E-state index is 0.142. The monoisotopic (exact) mass is 208 g/mol. The van der Waals surface area contributed by atoms with Gasteiger partial charge in [0.25, 0.3) is 0 Å². The number of aldehydes is 1. The summed E-state index contributed by atoms with van der Waals surface area (Å²) >= 11 is 0. The van der Waals surface area contributed by atoms with Crippen LogP contribution < -0.4 is 0 Å². The first kappa shape index (κ1) is 12.8. The van der Waals surface area contributed by atoms with E-state index in [9.17, 15) is 4.79 Å². The van der Waals surface area contributed by atoms with Gasteiger partial charge in [-0.25, -0.2) is 0 Å². The molecule has 0 bridgehead atoms. The molecule has 0 aromatic carbocycles. The van der Waals surface area contributed by atoms with E-state index in [-0.39, 0.29) is 6.29 Å². The van der Waals surface area contributed by atoms with E-state index in [1.165, 1.54) is 0 Å². The van der Waals surface area contributed by atoms with Crippen LogP contribution in [-0.2, 0) is 4.79 Å². The van der Waals surface area contributed by atoms with E-state index in [4.69, 9.17) is 30.6 Å². The summed E-state index contributed by atoms with van der Waals surface area (Å²) in [5.41, 5.74) is 0. The van der Waals surface area contributed by atoms with Gasteiger partial charge in [0.15, 0.2) is 17.8 Å². The Labute approximate surface area is 79.2 Å². The molecular formula is C7H12O7. The lowest BCUT2D eigenvalue weighted by Crippen LogP contribution is -2.40. The predicted molar refractivity (Wildman–Crippen MR) is 43.5 cm³/mol. The largest absolute Gasteiger partial charge is 0.506 e. The minimum atomic E-state index is -2.04. The second-order valence-electron chi connectivity index (χ2n) is 2.57. The van der Waals surface area contributed by atoms with Gasteiger partial charge in [-0.15, -0.1) is 0 Å². The fourth-order valence-electron chi connectivity index (χ4n) is 0.692. The molecule has 0 saturated heterocycles. The van der Waals surface area contributed by atoms with Gasteiger partial charge in [0.2, 0.25) is 0 Å². The van der Waals surface area contributed by atoms with E-state index in [0.29, 0.717) is 0 Å². The van der Waals surface area contributed by atoms with E-state index in [2.05, 4.69) is 0 Å². The smallest absolute Gasteiger partial charge is 0.196 e. The number of aliphatic hydroxyl groups is 6. The Morgan fingerprint density at radius 2 is 1.71 bits per heavy atom. The first-order valence-electron chi connectivity index (χ1n) is 3.68. The van der Waals surface area contributed by atoms with Crippen molar-refractivity contribution in [3.05, 3.63) is 11.5 Å². The Hall–Kier alpha value is -1.15. The van der Waals surface area contributed by atoms with E-state index < -0.39 is 36.4 Å². The molecule has 3 unspecified atom stereocenters. The van der Waals surface area contributed by atoms with Crippen LogP contribution >= 0.6 is 0 Å². The predicted octanol–water partition coefficient (Wildman–Crippen LogP) is -2.41. The summed E-state index contributed by atoms with van der Waals surface area (Å²) in [4.78, 5) is 9.94. The molecule has 0 spiro atoms. The maximum Gasteiger partial charge on any atom is 0.196 e. The van der Waals surface area contributed by atoms with Gasteiger partial charge in [-0.05, 0) is 0 Å². The molecule has 0 heterocycles. The highest BCUT2D eigenvalue weighted by atomic mass is 16.4. The van der Waals surface area contributed by atoms with Crippen molar-refractivity contribution in [3.8, 4) is 0 Å². The van der Waals surface area contributed by atoms with Crippen LogP contribution in [0.3, 0.4) is 0 Å². The molecule has 0 aromatic heterocycles. The van der Waals surface area contributed by atoms with Gasteiger partial charge in [-0.3, -0.25) is 4.79 Å². The molecule has 82 valence electrons. The zero-order chi connectivity index (χ0) is 11.3. The minimum Gasteiger partial charge on any atom is -0.506 e. The highest BCUT2D eigenvalue weighted by Crippen LogP contribution is 2.09. The van der Waals surface area contributed by atoms with Gasteiger partial charge in [-0.2, -0.15) is 0 Å². The third kappa shape index (κ3) is 2.96. The number of carbonyl (C=O) groups is 1. The number of hydrogen-bond donors (Lipinski definition) is 6. The highest BCUT2D eigenvalue weighted by Gasteiger charge is 2.29. The lowest BCUT2D eigenvalue weighted by Gasteiger charge is -2.20. The lowest BCUT2D eigenvalue weighted by atomic mass is 10.1. The molecule has 0 amide bonds. The Bertz CT molecular complexity index is 224. The third-order valence-corrected chi connectivity index (χ3v) is 1.56. The Morgan fingerprint density at radius 1 is 1.21 bits per heavy atom. The first-order chi connectivity index (χ1) is 6.45. The Morgan fingerprint density at radius 3 is 2.07 bits per heavy atom. The van der Waals surface area contributed by atoms with Crippen molar-refractivity contribution in [3.63, 3.8) is 0 Å². The molecule has 3 atom stereocenters. The average molecular weight is 208 g/mol. The molecule has 0 radical (unpaired) electrons. The summed E-state index contributed by atoms with van der Waals surface area (Å²) < 4.78 is 0. The summed E-state index contributed by atoms with van der Waals surface area (Å²) in [6.07, 6.45) is -5.77. The Kier molecular flexibility index (Phi) is 5.10. The van der Waals surface area contributed by atoms with Crippen LogP contribution in [0.15, 0.2) is 11.5 Å². The summed E-state index contributed by atoms with van der Waals surface area (Å²) in [6.45, 7) is -0.840. The molecule has 0 aliphatic carbocycles. The lowest BCUT2D eigenvalue weighted by molar-refractivity contribution is -0.108. The number of hydrogen-bond acceptors (Lipinski definition) is 7. The van der Waals surface area contributed by atoms with Crippen molar-refractivity contribution < 1.29 is 35.4 Å². The van der Waals surface area contributed by atoms with Crippen molar-refractivity contribution in [2.75, 3.05) is 6.61 Å². The zero-order valence-corrected chi connectivity index (χ0v) is 7.11. The Balaban J connectivity index is 4.61. The van der Waals surface area contributed by atoms with Crippen molar-refractivity contribution >= 4 is 6.29 Å². The van der Waals surface area contributed by atoms with Crippen LogP contribution in [0.1, 0.15) is 0 Å². The second-order valence-corrected chi connectivity index (χ2v) is 2.57. The molecule has 0 fully saturated rings. The van der Waals surface area contributed by atoms with Gasteiger partial charge in [0.05, 0.1) is 6.61 Å². The third-order valence-electron chi connectivity index (χ3n) is 1.56. The number of carbonyl (C=O) groups excluding carboxylic acids is 1. The summed E-state index contributed by atoms with van der Waals surface area (Å²) in [5.74, 6) is -2.32. The maximum atomic E-state index is 9.94. The molecule has 0 aliphatic rings. The fourth-order valence-corrected chi connectivity index (χ4v) is 0.692. The highest BCUT2D eigenvalue weighted by molar-refractivity contribution is 5.70. The van der Waals surface area contributed by atoms with Gasteiger partial charge in [0.1, 0.15) is 18.3 Å². The van der Waals surface area contributed by atoms with E-state index >= 15 is 0 Å². The van der Waals surface area contributed by atoms with Crippen LogP contribution in [0.25, 0.3) is 0 Å². The van der Waals surface area contributed by atoms with E-state index in [1.807, 2.05) is 0 Å². The van der Waals surface area contributed by atoms with Crippen LogP contribution in [0.4, 0.5) is 0 Å². The molecule has 0 saturated carbocycles. The van der Waals surface area contributed by atoms with Crippen molar-refractivity contribution in [2.24, 2.45) is 0 Å². The molecular weight excluding hydrogens is 196 g/mol. The standard InChI is InChI=1S/C7H12O7/c8-1-3(10)5(12)7(14)6(13)4(11)2-9/h1,4,6-7,9-14H,2H2. The summed E-state index contributed by atoms with van der Waals surface area (Å²) in [7, 11) is 0. The quantitative estimate of drug-likeness (QED) is 0.168. The van der Waals surface area contributed by atoms with Gasteiger partial charge >= 0.3 is 0 Å². The van der Waals surface area contributed by atoms with E-state index in [0.717, 1.165) is 0 Å². The molecule has 0 rings (SSSR count). The molecule has 14 heavy (non-hydrogen) atoms. The molecule has 6 N–H and O–H groups in total. The van der Waals surface area contributed by atoms with Gasteiger partial charge in [0, 0.05) is 0 Å². The zero-order valence-electron chi connectivity index (χ0n) is 7.11. The normalized spacial score (nSPS) is 19.4. The average Bonchev–Trinajstić information content (AvgIpc) is 2.23. The van der Waals surface area contributed by atoms with Gasteiger partial charge < -0.3 is 30.6 Å². The summed E-state index contributed by atoms with van der Waals surface area (Å²) in [5, 5.41) is 52.8. The van der Waals surface area contributed by atoms with Crippen LogP contribution in [0.2, 0.25) is 0 Å². The topological polar surface area (TPSA) is 138 Å². The number of rotatable bonds is 5. The fraction of sp³-hybridized carbons (Fsp3) is 0.571. The first-order valence-corrected chi connectivity index (χ1v) is 3.68. The van der Waals surface area contributed by atoms with Crippen LogP contribution in [0, 0.1) is 0 Å². The number of allylic oxidation sites excluding steroid dienone is 1. The molecule has 7 nitrogen and oxygen atoms in total. The van der Waals surface area contributed by atoms with Crippen molar-refractivity contribution in [1.29, 1.82) is 0 Å². The second kappa shape index (κ2) is 5.55. The molecule has 0 aliphatic heterocycles. The molecule has 7 heteroatoms. The van der Waals surface area contributed by atoms with Crippen LogP contribution in [0.5, 0.6) is 0 Å².